The van der Waals surface area contributed by atoms with Gasteiger partial charge in [-0.3, -0.25) is 0 Å². The van der Waals surface area contributed by atoms with Crippen molar-refractivity contribution >= 4 is 0 Å². The van der Waals surface area contributed by atoms with Gasteiger partial charge in [-0.05, 0) is 19.3 Å². The molecule has 2 N–H and O–H groups in total. The van der Waals surface area contributed by atoms with Gasteiger partial charge < -0.3 is 15.0 Å². The van der Waals surface area contributed by atoms with Crippen molar-refractivity contribution in [3.63, 3.8) is 0 Å². The Morgan fingerprint density at radius 1 is 1.62 bits per heavy atom. The molecule has 0 bridgehead atoms. The molecule has 2 rings (SSSR count). The summed E-state index contributed by atoms with van der Waals surface area (Å²) in [5, 5.41) is 0. The molecule has 1 aliphatic carbocycles. The summed E-state index contributed by atoms with van der Waals surface area (Å²) >= 11 is 0. The molecule has 0 radical (unpaired) electrons. The molecule has 1 aliphatic rings. The van der Waals surface area contributed by atoms with Crippen LogP contribution in [0.4, 0.5) is 0 Å². The number of hydrogen-bond donors (Lipinski definition) is 1. The van der Waals surface area contributed by atoms with Crippen molar-refractivity contribution in [1.82, 2.24) is 9.55 Å². The van der Waals surface area contributed by atoms with E-state index in [0.29, 0.717) is 12.1 Å². The van der Waals surface area contributed by atoms with E-state index < -0.39 is 0 Å². The zero-order valence-electron chi connectivity index (χ0n) is 7.81. The SMILES string of the molecule is Cn1ccnc1OC1CCC(N)C1. The van der Waals surface area contributed by atoms with Gasteiger partial charge in [-0.2, -0.15) is 0 Å². The topological polar surface area (TPSA) is 53.1 Å². The summed E-state index contributed by atoms with van der Waals surface area (Å²) in [6.07, 6.45) is 6.95. The summed E-state index contributed by atoms with van der Waals surface area (Å²) in [5.74, 6) is 0. The standard InChI is InChI=1S/C9H15N3O/c1-12-5-4-11-9(12)13-8-3-2-7(10)6-8/h4-5,7-8H,2-3,6,10H2,1H3. The smallest absolute Gasteiger partial charge is 0.296 e. The molecule has 1 heterocycles. The summed E-state index contributed by atoms with van der Waals surface area (Å²) in [7, 11) is 1.93. The predicted octanol–water partition coefficient (Wildman–Crippen LogP) is 0.679. The van der Waals surface area contributed by atoms with Crippen LogP contribution in [0.5, 0.6) is 6.01 Å². The maximum Gasteiger partial charge on any atom is 0.296 e. The van der Waals surface area contributed by atoms with Crippen LogP contribution in [0.15, 0.2) is 12.4 Å². The molecule has 4 nitrogen and oxygen atoms in total. The molecule has 0 aliphatic heterocycles. The largest absolute Gasteiger partial charge is 0.461 e. The van der Waals surface area contributed by atoms with Crippen molar-refractivity contribution in [1.29, 1.82) is 0 Å². The van der Waals surface area contributed by atoms with Crippen LogP contribution in [0.25, 0.3) is 0 Å². The second kappa shape index (κ2) is 3.38. The zero-order chi connectivity index (χ0) is 9.26. The van der Waals surface area contributed by atoms with Crippen LogP contribution in [-0.4, -0.2) is 21.7 Å². The number of aromatic nitrogens is 2. The molecular formula is C9H15N3O. The van der Waals surface area contributed by atoms with Crippen LogP contribution in [0.1, 0.15) is 19.3 Å². The maximum atomic E-state index is 5.78. The first-order valence-electron chi connectivity index (χ1n) is 4.65. The number of rotatable bonds is 2. The van der Waals surface area contributed by atoms with Gasteiger partial charge in [0.25, 0.3) is 6.01 Å². The molecule has 1 aromatic heterocycles. The number of nitrogens with zero attached hydrogens (tertiary/aromatic N) is 2. The number of aryl methyl sites for hydroxylation is 1. The van der Waals surface area contributed by atoms with Gasteiger partial charge in [0.2, 0.25) is 0 Å². The second-order valence-electron chi connectivity index (χ2n) is 3.63. The number of hydrogen-bond acceptors (Lipinski definition) is 3. The van der Waals surface area contributed by atoms with Crippen molar-refractivity contribution in [2.24, 2.45) is 12.8 Å². The van der Waals surface area contributed by atoms with Crippen LogP contribution < -0.4 is 10.5 Å². The number of nitrogens with two attached hydrogens (primary N) is 1. The van der Waals surface area contributed by atoms with E-state index in [1.807, 2.05) is 17.8 Å². The van der Waals surface area contributed by atoms with Crippen molar-refractivity contribution in [2.45, 2.75) is 31.4 Å². The Balaban J connectivity index is 1.95. The first-order chi connectivity index (χ1) is 6.25. The number of imidazole rings is 1. The molecule has 2 unspecified atom stereocenters. The molecule has 0 aromatic carbocycles. The van der Waals surface area contributed by atoms with Gasteiger partial charge in [0.1, 0.15) is 6.10 Å². The van der Waals surface area contributed by atoms with Crippen LogP contribution in [0, 0.1) is 0 Å². The minimum Gasteiger partial charge on any atom is -0.461 e. The fraction of sp³-hybridized carbons (Fsp3) is 0.667. The Hall–Kier alpha value is -1.03. The third-order valence-electron chi connectivity index (χ3n) is 2.47. The Morgan fingerprint density at radius 2 is 2.46 bits per heavy atom. The third-order valence-corrected chi connectivity index (χ3v) is 2.47. The van der Waals surface area contributed by atoms with Gasteiger partial charge in [0.15, 0.2) is 0 Å². The van der Waals surface area contributed by atoms with Crippen LogP contribution in [0.3, 0.4) is 0 Å². The lowest BCUT2D eigenvalue weighted by atomic mass is 10.3. The molecule has 1 fully saturated rings. The molecule has 0 spiro atoms. The van der Waals surface area contributed by atoms with E-state index in [4.69, 9.17) is 10.5 Å². The van der Waals surface area contributed by atoms with Crippen LogP contribution in [-0.2, 0) is 7.05 Å². The Bertz CT molecular complexity index is 284. The van der Waals surface area contributed by atoms with E-state index in [-0.39, 0.29) is 6.10 Å². The highest BCUT2D eigenvalue weighted by molar-refractivity contribution is 4.98. The molecule has 4 heteroatoms. The van der Waals surface area contributed by atoms with E-state index in [0.717, 1.165) is 19.3 Å². The van der Waals surface area contributed by atoms with Gasteiger partial charge in [-0.25, -0.2) is 4.98 Å². The molecule has 0 saturated heterocycles. The second-order valence-corrected chi connectivity index (χ2v) is 3.63. The van der Waals surface area contributed by atoms with Gasteiger partial charge >= 0.3 is 0 Å². The number of ether oxygens (including phenoxy) is 1. The van der Waals surface area contributed by atoms with Gasteiger partial charge in [-0.1, -0.05) is 0 Å². The summed E-state index contributed by atoms with van der Waals surface area (Å²) in [5.41, 5.74) is 5.78. The van der Waals surface area contributed by atoms with Crippen molar-refractivity contribution in [3.8, 4) is 6.01 Å². The molecule has 1 saturated carbocycles. The highest BCUT2D eigenvalue weighted by atomic mass is 16.5. The molecule has 13 heavy (non-hydrogen) atoms. The zero-order valence-corrected chi connectivity index (χ0v) is 7.81. The van der Waals surface area contributed by atoms with Gasteiger partial charge in [0.05, 0.1) is 0 Å². The van der Waals surface area contributed by atoms with Crippen molar-refractivity contribution in [2.75, 3.05) is 0 Å². The molecule has 72 valence electrons. The lowest BCUT2D eigenvalue weighted by Gasteiger charge is -2.11. The van der Waals surface area contributed by atoms with Crippen LogP contribution in [0.2, 0.25) is 0 Å². The highest BCUT2D eigenvalue weighted by Gasteiger charge is 2.24. The summed E-state index contributed by atoms with van der Waals surface area (Å²) < 4.78 is 7.57. The van der Waals surface area contributed by atoms with Crippen LogP contribution >= 0.6 is 0 Å². The predicted molar refractivity (Wildman–Crippen MR) is 49.5 cm³/mol. The third kappa shape index (κ3) is 1.83. The Kier molecular flexibility index (Phi) is 2.22. The molecular weight excluding hydrogens is 166 g/mol. The molecule has 1 aromatic rings. The lowest BCUT2D eigenvalue weighted by molar-refractivity contribution is 0.185. The summed E-state index contributed by atoms with van der Waals surface area (Å²) in [6.45, 7) is 0. The summed E-state index contributed by atoms with van der Waals surface area (Å²) in [4.78, 5) is 4.10. The van der Waals surface area contributed by atoms with E-state index in [1.165, 1.54) is 0 Å². The average Bonchev–Trinajstić information content (AvgIpc) is 2.64. The first kappa shape index (κ1) is 8.56. The molecule has 2 atom stereocenters. The maximum absolute atomic E-state index is 5.78. The van der Waals surface area contributed by atoms with E-state index in [1.54, 1.807) is 6.20 Å². The van der Waals surface area contributed by atoms with E-state index >= 15 is 0 Å². The fourth-order valence-corrected chi connectivity index (χ4v) is 1.69. The monoisotopic (exact) mass is 181 g/mol. The van der Waals surface area contributed by atoms with Crippen molar-refractivity contribution < 1.29 is 4.74 Å². The minimum atomic E-state index is 0.260. The van der Waals surface area contributed by atoms with Gasteiger partial charge in [0, 0.05) is 25.5 Å². The Morgan fingerprint density at radius 3 is 3.00 bits per heavy atom. The average molecular weight is 181 g/mol. The quantitative estimate of drug-likeness (QED) is 0.730. The molecule has 0 amide bonds. The van der Waals surface area contributed by atoms with Gasteiger partial charge in [-0.15, -0.1) is 0 Å². The minimum absolute atomic E-state index is 0.260. The Labute approximate surface area is 77.7 Å². The van der Waals surface area contributed by atoms with E-state index in [9.17, 15) is 0 Å². The van der Waals surface area contributed by atoms with Crippen molar-refractivity contribution in [3.05, 3.63) is 12.4 Å². The highest BCUT2D eigenvalue weighted by Crippen LogP contribution is 2.21. The van der Waals surface area contributed by atoms with E-state index in [2.05, 4.69) is 4.98 Å². The lowest BCUT2D eigenvalue weighted by Crippen LogP contribution is -2.20. The normalized spacial score (nSPS) is 27.8. The summed E-state index contributed by atoms with van der Waals surface area (Å²) in [6, 6.07) is 1.00. The first-order valence-corrected chi connectivity index (χ1v) is 4.65. The fourth-order valence-electron chi connectivity index (χ4n) is 1.69.